The number of hydrogen-bond donors (Lipinski definition) is 5. The van der Waals surface area contributed by atoms with Crippen molar-refractivity contribution in [1.29, 1.82) is 0 Å². The quantitative estimate of drug-likeness (QED) is 0.0952. The third-order valence-corrected chi connectivity index (χ3v) is 14.5. The van der Waals surface area contributed by atoms with Crippen molar-refractivity contribution < 1.29 is 29.0 Å². The zero-order chi connectivity index (χ0) is 37.6. The third kappa shape index (κ3) is 9.14. The number of rotatable bonds is 18. The Bertz CT molecular complexity index is 1170. The number of esters is 2. The summed E-state index contributed by atoms with van der Waals surface area (Å²) < 4.78 is 12.0. The second-order valence-electron chi connectivity index (χ2n) is 18.1. The summed E-state index contributed by atoms with van der Waals surface area (Å²) in [5.74, 6) is 0.325. The van der Waals surface area contributed by atoms with E-state index in [4.69, 9.17) is 15.2 Å². The van der Waals surface area contributed by atoms with Gasteiger partial charge >= 0.3 is 11.9 Å². The van der Waals surface area contributed by atoms with Crippen molar-refractivity contribution in [3.05, 3.63) is 0 Å². The van der Waals surface area contributed by atoms with Crippen molar-refractivity contribution in [2.24, 2.45) is 63.4 Å². The number of carbonyl (C=O) groups excluding carboxylic acids is 3. The Balaban J connectivity index is 1.55. The van der Waals surface area contributed by atoms with Gasteiger partial charge in [-0.25, -0.2) is 0 Å². The zero-order valence-electron chi connectivity index (χ0n) is 33.4. The van der Waals surface area contributed by atoms with Gasteiger partial charge in [0.15, 0.2) is 0 Å². The highest BCUT2D eigenvalue weighted by atomic mass is 16.5. The van der Waals surface area contributed by atoms with Gasteiger partial charge < -0.3 is 36.3 Å². The molecule has 0 heterocycles. The Hall–Kier alpha value is -1.75. The van der Waals surface area contributed by atoms with Gasteiger partial charge in [0.1, 0.15) is 12.2 Å². The number of fused-ring (bicyclic) bond motifs is 5. The van der Waals surface area contributed by atoms with Gasteiger partial charge in [-0.05, 0) is 123 Å². The van der Waals surface area contributed by atoms with E-state index >= 15 is 0 Å². The van der Waals surface area contributed by atoms with E-state index in [0.29, 0.717) is 37.8 Å². The van der Waals surface area contributed by atoms with Gasteiger partial charge in [0.05, 0.1) is 6.10 Å². The van der Waals surface area contributed by atoms with E-state index < -0.39 is 6.10 Å². The Morgan fingerprint density at radius 3 is 2.10 bits per heavy atom. The standard InChI is InChI=1S/C41H74N4O6/c1-26(2)12-9-13-30(38(49)45-21-11-20-44-23-22-43-19-10-18-42)36-32-24-33(48)37-39(6)16-15-34(50-28(4)46)27(3)31(39)14-17-40(37,7)41(32,8)25-35(36)51-29(5)47/h26-27,30-37,43-44,48H,9-25,42H2,1-8H3,(H,45,49)/t27-,30-,31?,32?,33+,34+,35-,36-,37?,39-,40-,41-/m0/s1. The molecule has 0 spiro atoms. The number of amides is 1. The maximum absolute atomic E-state index is 14.3. The lowest BCUT2D eigenvalue weighted by atomic mass is 9.36. The number of carbonyl (C=O) groups is 3. The highest BCUT2D eigenvalue weighted by Gasteiger charge is 2.72. The molecule has 12 atom stereocenters. The smallest absolute Gasteiger partial charge is 0.302 e. The van der Waals surface area contributed by atoms with Gasteiger partial charge in [0.25, 0.3) is 0 Å². The van der Waals surface area contributed by atoms with Crippen LogP contribution in [0.3, 0.4) is 0 Å². The van der Waals surface area contributed by atoms with Crippen LogP contribution < -0.4 is 21.7 Å². The van der Waals surface area contributed by atoms with Crippen LogP contribution in [-0.4, -0.2) is 80.5 Å². The highest BCUT2D eigenvalue weighted by Crippen LogP contribution is 2.75. The highest BCUT2D eigenvalue weighted by molar-refractivity contribution is 5.79. The van der Waals surface area contributed by atoms with Gasteiger partial charge in [-0.15, -0.1) is 0 Å². The number of ether oxygens (including phenoxy) is 2. The monoisotopic (exact) mass is 719 g/mol. The molecule has 0 saturated heterocycles. The van der Waals surface area contributed by atoms with Gasteiger partial charge in [-0.3, -0.25) is 14.4 Å². The normalized spacial score (nSPS) is 37.9. The number of nitrogens with two attached hydrogens (primary N) is 1. The van der Waals surface area contributed by atoms with Crippen molar-refractivity contribution in [2.45, 2.75) is 144 Å². The molecule has 0 aromatic rings. The van der Waals surface area contributed by atoms with Crippen molar-refractivity contribution >= 4 is 17.8 Å². The summed E-state index contributed by atoms with van der Waals surface area (Å²) in [6.07, 6.45) is 8.57. The van der Waals surface area contributed by atoms with Crippen LogP contribution in [0.25, 0.3) is 0 Å². The largest absolute Gasteiger partial charge is 0.462 e. The molecule has 4 aliphatic carbocycles. The van der Waals surface area contributed by atoms with E-state index in [9.17, 15) is 19.5 Å². The molecule has 4 rings (SSSR count). The summed E-state index contributed by atoms with van der Waals surface area (Å²) in [5, 5.41) is 22.5. The van der Waals surface area contributed by atoms with Crippen molar-refractivity contribution in [3.63, 3.8) is 0 Å². The molecule has 0 bridgehead atoms. The lowest BCUT2D eigenvalue weighted by molar-refractivity contribution is -0.241. The van der Waals surface area contributed by atoms with Gasteiger partial charge in [0, 0.05) is 45.3 Å². The Morgan fingerprint density at radius 1 is 0.824 bits per heavy atom. The summed E-state index contributed by atoms with van der Waals surface area (Å²) in [5.41, 5.74) is 5.04. The average Bonchev–Trinajstić information content (AvgIpc) is 3.32. The Morgan fingerprint density at radius 2 is 1.47 bits per heavy atom. The molecule has 4 saturated carbocycles. The topological polar surface area (TPSA) is 152 Å². The molecule has 1 amide bonds. The van der Waals surface area contributed by atoms with Crippen molar-refractivity contribution in [1.82, 2.24) is 16.0 Å². The summed E-state index contributed by atoms with van der Waals surface area (Å²) in [7, 11) is 0. The summed E-state index contributed by atoms with van der Waals surface area (Å²) in [6, 6.07) is 0. The molecule has 10 heteroatoms. The first kappa shape index (κ1) is 42.0. The summed E-state index contributed by atoms with van der Waals surface area (Å²) in [6.45, 7) is 21.7. The molecule has 3 unspecified atom stereocenters. The van der Waals surface area contributed by atoms with Crippen LogP contribution >= 0.6 is 0 Å². The van der Waals surface area contributed by atoms with Crippen LogP contribution in [0.1, 0.15) is 126 Å². The van der Waals surface area contributed by atoms with E-state index in [2.05, 4.69) is 57.5 Å². The number of hydrogen-bond acceptors (Lipinski definition) is 9. The average molecular weight is 719 g/mol. The zero-order valence-corrected chi connectivity index (χ0v) is 33.4. The van der Waals surface area contributed by atoms with E-state index in [1.54, 1.807) is 0 Å². The van der Waals surface area contributed by atoms with Gasteiger partial charge in [-0.2, -0.15) is 0 Å². The van der Waals surface area contributed by atoms with E-state index in [1.807, 2.05) is 0 Å². The molecule has 0 aromatic heterocycles. The predicted octanol–water partition coefficient (Wildman–Crippen LogP) is 5.20. The minimum Gasteiger partial charge on any atom is -0.462 e. The fraction of sp³-hybridized carbons (Fsp3) is 0.927. The fourth-order valence-electron chi connectivity index (χ4n) is 12.1. The molecule has 10 nitrogen and oxygen atoms in total. The lowest BCUT2D eigenvalue weighted by Gasteiger charge is -2.69. The third-order valence-electron chi connectivity index (χ3n) is 14.5. The van der Waals surface area contributed by atoms with Crippen molar-refractivity contribution in [2.75, 3.05) is 39.3 Å². The first-order chi connectivity index (χ1) is 24.1. The molecule has 0 aromatic carbocycles. The molecule has 6 N–H and O–H groups in total. The molecule has 0 aliphatic heterocycles. The number of aliphatic hydroxyl groups excluding tert-OH is 1. The summed E-state index contributed by atoms with van der Waals surface area (Å²) in [4.78, 5) is 38.9. The molecule has 294 valence electrons. The number of aliphatic hydroxyl groups is 1. The minimum atomic E-state index is -0.521. The van der Waals surface area contributed by atoms with E-state index in [0.717, 1.165) is 84.0 Å². The molecule has 0 radical (unpaired) electrons. The van der Waals surface area contributed by atoms with Crippen LogP contribution in [-0.2, 0) is 23.9 Å². The van der Waals surface area contributed by atoms with Crippen LogP contribution in [0.4, 0.5) is 0 Å². The van der Waals surface area contributed by atoms with E-state index in [-0.39, 0.29) is 75.9 Å². The maximum Gasteiger partial charge on any atom is 0.302 e. The van der Waals surface area contributed by atoms with Crippen LogP contribution in [0.2, 0.25) is 0 Å². The Labute approximate surface area is 309 Å². The van der Waals surface area contributed by atoms with E-state index in [1.165, 1.54) is 13.8 Å². The maximum atomic E-state index is 14.3. The van der Waals surface area contributed by atoms with Gasteiger partial charge in [0.2, 0.25) is 5.91 Å². The predicted molar refractivity (Wildman–Crippen MR) is 201 cm³/mol. The molecular weight excluding hydrogens is 644 g/mol. The minimum absolute atomic E-state index is 0.0521. The first-order valence-electron chi connectivity index (χ1n) is 20.5. The molecular formula is C41H74N4O6. The number of nitrogens with one attached hydrogen (secondary N) is 3. The molecule has 51 heavy (non-hydrogen) atoms. The second kappa shape index (κ2) is 18.1. The SMILES string of the molecule is CC(=O)O[C@H]1C[C@@]2(C)C(C[C@@H](O)C3[C@@]4(C)CC[C@@H](OC(C)=O)[C@@H](C)C4CC[C@@]32C)[C@@H]1[C@H](CCCC(C)C)C(=O)NCCCNCCNCCCN. The molecule has 4 fully saturated rings. The van der Waals surface area contributed by atoms with Crippen LogP contribution in [0, 0.1) is 57.7 Å². The first-order valence-corrected chi connectivity index (χ1v) is 20.5. The Kier molecular flexibility index (Phi) is 14.9. The lowest BCUT2D eigenvalue weighted by Crippen LogP contribution is -2.66. The van der Waals surface area contributed by atoms with Gasteiger partial charge in [-0.1, -0.05) is 54.4 Å². The van der Waals surface area contributed by atoms with Crippen LogP contribution in [0.5, 0.6) is 0 Å². The van der Waals surface area contributed by atoms with Crippen molar-refractivity contribution in [3.8, 4) is 0 Å². The second-order valence-corrected chi connectivity index (χ2v) is 18.1. The summed E-state index contributed by atoms with van der Waals surface area (Å²) >= 11 is 0. The van der Waals surface area contributed by atoms with Crippen LogP contribution in [0.15, 0.2) is 0 Å². The molecule has 4 aliphatic rings. The fourth-order valence-corrected chi connectivity index (χ4v) is 12.1.